The van der Waals surface area contributed by atoms with Gasteiger partial charge in [0.1, 0.15) is 28.4 Å². The maximum Gasteiger partial charge on any atom is 0.227 e. The number of anilines is 1. The highest BCUT2D eigenvalue weighted by Gasteiger charge is 2.25. The van der Waals surface area contributed by atoms with Gasteiger partial charge in [-0.2, -0.15) is 0 Å². The third-order valence-corrected chi connectivity index (χ3v) is 12.6. The second-order valence-corrected chi connectivity index (χ2v) is 16.5. The molecule has 0 amide bonds. The lowest BCUT2D eigenvalue weighted by atomic mass is 9.77. The Morgan fingerprint density at radius 1 is 0.651 bits per heavy atom. The van der Waals surface area contributed by atoms with E-state index < -0.39 is 0 Å². The van der Waals surface area contributed by atoms with Crippen LogP contribution in [0.1, 0.15) is 75.8 Å². The number of nitrogens with two attached hydrogens (primary N) is 1. The Kier molecular flexibility index (Phi) is 9.80. The van der Waals surface area contributed by atoms with E-state index >= 15 is 0 Å². The van der Waals surface area contributed by atoms with Crippen LogP contribution < -0.4 is 21.1 Å². The Morgan fingerprint density at radius 3 is 2.19 bits per heavy atom. The number of fused-ring (bicyclic) bond motifs is 5. The third-order valence-electron chi connectivity index (χ3n) is 12.6. The Bertz CT molecular complexity index is 3330. The van der Waals surface area contributed by atoms with Gasteiger partial charge in [-0.1, -0.05) is 140 Å². The smallest absolute Gasteiger partial charge is 0.227 e. The van der Waals surface area contributed by atoms with Crippen molar-refractivity contribution in [3.05, 3.63) is 243 Å². The fourth-order valence-electron chi connectivity index (χ4n) is 9.29. The van der Waals surface area contributed by atoms with Gasteiger partial charge < -0.3 is 19.3 Å². The highest BCUT2D eigenvalue weighted by Crippen LogP contribution is 2.39. The molecule has 4 atom stereocenters. The van der Waals surface area contributed by atoms with Crippen molar-refractivity contribution in [3.8, 4) is 17.2 Å². The highest BCUT2D eigenvalue weighted by molar-refractivity contribution is 5.84. The number of ether oxygens (including phenoxy) is 1. The number of oxazole rings is 1. The standard InChI is InChI=1S/C58H44N2O3/c1-37(61-52-18-10-8-16-50(52)59)38-20-23-42(24-21-38)57(41-14-6-3-7-15-41)46-31-33-49-48-32-30-39-22-29-45(34-47(39)36-55(48)62-54(49)35-46)56(40-12-4-2-5-13-40)43-25-27-44(28-26-43)58-60-51-17-9-11-19-53(51)63-58/h2-12,14-31,33-37,40,56-57H,13,59H2,1H3. The van der Waals surface area contributed by atoms with Crippen molar-refractivity contribution < 1.29 is 13.6 Å². The fraction of sp³-hybridized carbons (Fsp3) is 0.103. The van der Waals surface area contributed by atoms with Gasteiger partial charge in [-0.05, 0) is 124 Å². The van der Waals surface area contributed by atoms with Crippen molar-refractivity contribution in [1.29, 1.82) is 0 Å². The predicted molar refractivity (Wildman–Crippen MR) is 255 cm³/mol. The molecule has 0 bridgehead atoms. The Labute approximate surface area is 366 Å². The summed E-state index contributed by atoms with van der Waals surface area (Å²) in [5, 5.41) is 2.01. The minimum absolute atomic E-state index is 0.00741. The molecule has 5 nitrogen and oxygen atoms in total. The van der Waals surface area contributed by atoms with Crippen LogP contribution in [0.2, 0.25) is 0 Å². The van der Waals surface area contributed by atoms with E-state index in [1.165, 1.54) is 22.3 Å². The first-order chi connectivity index (χ1) is 31.0. The van der Waals surface area contributed by atoms with Gasteiger partial charge in [-0.15, -0.1) is 5.73 Å². The zero-order chi connectivity index (χ0) is 42.3. The molecule has 2 N–H and O–H groups in total. The molecule has 2 aromatic heterocycles. The Balaban J connectivity index is 0.928. The summed E-state index contributed by atoms with van der Waals surface area (Å²) in [4.78, 5) is 4.74. The molecule has 0 aliphatic heterocycles. The first-order valence-corrected chi connectivity index (χ1v) is 21.6. The van der Waals surface area contributed by atoms with Gasteiger partial charge in [0.2, 0.25) is 5.89 Å². The van der Waals surface area contributed by atoms with Gasteiger partial charge in [-0.3, -0.25) is 0 Å². The third kappa shape index (κ3) is 7.39. The molecule has 2 heterocycles. The molecule has 0 spiro atoms. The average molecular weight is 817 g/mol. The lowest BCUT2D eigenvalue weighted by Gasteiger charge is -2.27. The van der Waals surface area contributed by atoms with E-state index in [0.717, 1.165) is 66.9 Å². The topological polar surface area (TPSA) is 74.4 Å². The second kappa shape index (κ2) is 16.2. The molecule has 5 heteroatoms. The van der Waals surface area contributed by atoms with Gasteiger partial charge in [-0.25, -0.2) is 4.98 Å². The second-order valence-electron chi connectivity index (χ2n) is 16.5. The molecule has 7 aromatic carbocycles. The van der Waals surface area contributed by atoms with Gasteiger partial charge in [0.15, 0.2) is 5.58 Å². The summed E-state index contributed by atoms with van der Waals surface area (Å²) in [5.41, 5.74) is 24.0. The summed E-state index contributed by atoms with van der Waals surface area (Å²) in [5.74, 6) is 1.75. The van der Waals surface area contributed by atoms with Crippen molar-refractivity contribution in [2.45, 2.75) is 31.3 Å². The first kappa shape index (κ1) is 38.1. The van der Waals surface area contributed by atoms with Gasteiger partial charge >= 0.3 is 0 Å². The van der Waals surface area contributed by atoms with E-state index in [0.29, 0.717) is 23.2 Å². The monoisotopic (exact) mass is 816 g/mol. The summed E-state index contributed by atoms with van der Waals surface area (Å²) >= 11 is 0. The number of rotatable bonds is 10. The SMILES string of the molecule is CC(Oc1ccccc1N)c1ccc(C(c2ccccc2)c2ccc3c4c(oc3c2)=Cc2cc(C(c3ccc(-c5nc6ccccc6o5)cc3)C3C=CC=CC3)ccc2C=C=4)cc1. The Hall–Kier alpha value is -7.85. The number of para-hydroxylation sites is 4. The van der Waals surface area contributed by atoms with Crippen LogP contribution in [0.5, 0.6) is 5.75 Å². The van der Waals surface area contributed by atoms with Crippen molar-refractivity contribution in [3.63, 3.8) is 0 Å². The number of aromatic nitrogens is 1. The van der Waals surface area contributed by atoms with E-state index in [9.17, 15) is 0 Å². The summed E-state index contributed by atoms with van der Waals surface area (Å²) in [6.45, 7) is 2.05. The van der Waals surface area contributed by atoms with E-state index in [-0.39, 0.29) is 17.9 Å². The van der Waals surface area contributed by atoms with Crippen LogP contribution in [0.15, 0.2) is 197 Å². The van der Waals surface area contributed by atoms with Gasteiger partial charge in [0.05, 0.1) is 10.9 Å². The van der Waals surface area contributed by atoms with E-state index in [2.05, 4.69) is 164 Å². The molecule has 0 radical (unpaired) electrons. The molecule has 0 saturated heterocycles. The van der Waals surface area contributed by atoms with Gasteiger partial charge in [0.25, 0.3) is 0 Å². The molecular formula is C58H44N2O3. The number of nitrogen functional groups attached to an aromatic ring is 1. The van der Waals surface area contributed by atoms with Crippen LogP contribution in [0.4, 0.5) is 5.69 Å². The lowest BCUT2D eigenvalue weighted by Crippen LogP contribution is -2.18. The number of hydrogen-bond acceptors (Lipinski definition) is 5. The largest absolute Gasteiger partial charge is 0.484 e. The van der Waals surface area contributed by atoms with E-state index in [1.54, 1.807) is 0 Å². The molecule has 9 aromatic rings. The van der Waals surface area contributed by atoms with E-state index in [1.807, 2.05) is 48.5 Å². The molecule has 63 heavy (non-hydrogen) atoms. The number of nitrogens with zero attached hydrogens (tertiary/aromatic N) is 1. The molecule has 11 rings (SSSR count). The van der Waals surface area contributed by atoms with Crippen LogP contribution in [-0.4, -0.2) is 4.98 Å². The minimum Gasteiger partial charge on any atom is -0.484 e. The minimum atomic E-state index is -0.165. The molecule has 4 unspecified atom stereocenters. The summed E-state index contributed by atoms with van der Waals surface area (Å²) < 4.78 is 19.1. The van der Waals surface area contributed by atoms with E-state index in [4.69, 9.17) is 24.3 Å². The molecule has 0 fully saturated rings. The normalized spacial score (nSPS) is 15.5. The fourth-order valence-corrected chi connectivity index (χ4v) is 9.29. The Morgan fingerprint density at radius 2 is 1.38 bits per heavy atom. The predicted octanol–water partition coefficient (Wildman–Crippen LogP) is 12.6. The molecule has 304 valence electrons. The van der Waals surface area contributed by atoms with Crippen molar-refractivity contribution in [2.24, 2.45) is 5.92 Å². The van der Waals surface area contributed by atoms with Crippen LogP contribution in [-0.2, 0) is 0 Å². The zero-order valence-electron chi connectivity index (χ0n) is 34.8. The summed E-state index contributed by atoms with van der Waals surface area (Å²) in [6.07, 6.45) is 14.0. The maximum atomic E-state index is 6.79. The van der Waals surface area contributed by atoms with Crippen LogP contribution >= 0.6 is 0 Å². The average Bonchev–Trinajstić information content (AvgIpc) is 3.86. The van der Waals surface area contributed by atoms with Crippen molar-refractivity contribution in [2.75, 3.05) is 5.73 Å². The summed E-state index contributed by atoms with van der Waals surface area (Å²) in [7, 11) is 0. The molecule has 2 aliphatic rings. The quantitative estimate of drug-likeness (QED) is 0.110. The van der Waals surface area contributed by atoms with Crippen LogP contribution in [0, 0.1) is 5.92 Å². The van der Waals surface area contributed by atoms with Gasteiger partial charge in [0, 0.05) is 22.8 Å². The lowest BCUT2D eigenvalue weighted by molar-refractivity contribution is 0.228. The van der Waals surface area contributed by atoms with Crippen molar-refractivity contribution in [1.82, 2.24) is 4.98 Å². The van der Waals surface area contributed by atoms with Crippen LogP contribution in [0.3, 0.4) is 0 Å². The number of benzene rings is 7. The maximum absolute atomic E-state index is 6.79. The number of furan rings is 1. The number of hydrogen-bond donors (Lipinski definition) is 1. The highest BCUT2D eigenvalue weighted by atomic mass is 16.5. The molecule has 0 saturated carbocycles. The number of allylic oxidation sites excluding steroid dienone is 4. The zero-order valence-corrected chi connectivity index (χ0v) is 34.8. The van der Waals surface area contributed by atoms with Crippen LogP contribution in [0.25, 0.3) is 51.4 Å². The van der Waals surface area contributed by atoms with Crippen molar-refractivity contribution >= 4 is 45.6 Å². The molecule has 2 aliphatic carbocycles. The molecular weight excluding hydrogens is 773 g/mol. The summed E-state index contributed by atoms with van der Waals surface area (Å²) in [6, 6.07) is 57.1. The first-order valence-electron chi connectivity index (χ1n) is 21.6.